The topological polar surface area (TPSA) is 90.2 Å². The Hall–Kier alpha value is -4.37. The van der Waals surface area contributed by atoms with Crippen LogP contribution in [-0.2, 0) is 16.1 Å². The van der Waals surface area contributed by atoms with Gasteiger partial charge in [-0.15, -0.1) is 0 Å². The maximum Gasteiger partial charge on any atom is 0.337 e. The minimum absolute atomic E-state index is 0.238. The highest BCUT2D eigenvalue weighted by Crippen LogP contribution is 2.41. The summed E-state index contributed by atoms with van der Waals surface area (Å²) in [6, 6.07) is 16.5. The van der Waals surface area contributed by atoms with Gasteiger partial charge in [0.2, 0.25) is 0 Å². The third-order valence-electron chi connectivity index (χ3n) is 6.45. The number of amides is 1. The smallest absolute Gasteiger partial charge is 0.337 e. The van der Waals surface area contributed by atoms with Crippen molar-refractivity contribution in [2.75, 3.05) is 45.4 Å². The zero-order valence-electron chi connectivity index (χ0n) is 21.1. The average Bonchev–Trinajstić information content (AvgIpc) is 3.34. The molecule has 0 atom stereocenters. The predicted octanol–water partition coefficient (Wildman–Crippen LogP) is 4.80. The van der Waals surface area contributed by atoms with Gasteiger partial charge in [-0.2, -0.15) is 0 Å². The lowest BCUT2D eigenvalue weighted by atomic mass is 10.0. The summed E-state index contributed by atoms with van der Waals surface area (Å²) >= 11 is 0. The van der Waals surface area contributed by atoms with Crippen LogP contribution in [-0.4, -0.2) is 52.3 Å². The molecule has 0 radical (unpaired) electrons. The molecule has 8 nitrogen and oxygen atoms in total. The molecule has 3 aromatic carbocycles. The number of hydrogen-bond acceptors (Lipinski definition) is 7. The SMILES string of the molecule is CNC(=O)c1c(-c2ccc(F)cc2)oc2cc(N3CCOCC3)c(OCc3ccc(C(=O)OC)cc3)cc12. The number of morpholine rings is 1. The van der Waals surface area contributed by atoms with Crippen molar-refractivity contribution < 1.29 is 32.6 Å². The normalized spacial score (nSPS) is 13.4. The van der Waals surface area contributed by atoms with Gasteiger partial charge >= 0.3 is 5.97 Å². The molecule has 1 aliphatic rings. The fraction of sp³-hybridized carbons (Fsp3) is 0.241. The zero-order valence-corrected chi connectivity index (χ0v) is 21.1. The molecule has 2 heterocycles. The van der Waals surface area contributed by atoms with E-state index in [1.165, 1.54) is 19.2 Å². The van der Waals surface area contributed by atoms with Crippen molar-refractivity contribution in [1.82, 2.24) is 5.32 Å². The number of carbonyl (C=O) groups is 2. The summed E-state index contributed by atoms with van der Waals surface area (Å²) in [6.07, 6.45) is 0. The number of rotatable bonds is 7. The van der Waals surface area contributed by atoms with Gasteiger partial charge in [0.15, 0.2) is 0 Å². The third-order valence-corrected chi connectivity index (χ3v) is 6.45. The number of esters is 1. The molecule has 0 bridgehead atoms. The van der Waals surface area contributed by atoms with Crippen molar-refractivity contribution in [3.8, 4) is 17.1 Å². The van der Waals surface area contributed by atoms with E-state index < -0.39 is 5.97 Å². The molecule has 0 aliphatic carbocycles. The second-order valence-electron chi connectivity index (χ2n) is 8.78. The van der Waals surface area contributed by atoms with Crippen molar-refractivity contribution in [2.45, 2.75) is 6.61 Å². The van der Waals surface area contributed by atoms with Crippen molar-refractivity contribution in [3.05, 3.63) is 83.2 Å². The maximum atomic E-state index is 13.6. The molecule has 1 saturated heterocycles. The van der Waals surface area contributed by atoms with Crippen LogP contribution in [0, 0.1) is 5.82 Å². The summed E-state index contributed by atoms with van der Waals surface area (Å²) in [5, 5.41) is 3.26. The molecule has 9 heteroatoms. The van der Waals surface area contributed by atoms with Crippen LogP contribution in [0.3, 0.4) is 0 Å². The van der Waals surface area contributed by atoms with E-state index >= 15 is 0 Å². The first-order valence-corrected chi connectivity index (χ1v) is 12.2. The first-order valence-electron chi connectivity index (χ1n) is 12.2. The van der Waals surface area contributed by atoms with Crippen molar-refractivity contribution in [3.63, 3.8) is 0 Å². The highest BCUT2D eigenvalue weighted by atomic mass is 19.1. The molecule has 4 aromatic rings. The van der Waals surface area contributed by atoms with E-state index in [1.807, 2.05) is 12.1 Å². The van der Waals surface area contributed by atoms with Crippen LogP contribution in [0.25, 0.3) is 22.3 Å². The molecule has 0 unspecified atom stereocenters. The van der Waals surface area contributed by atoms with Gasteiger partial charge in [-0.05, 0) is 48.0 Å². The monoisotopic (exact) mass is 518 g/mol. The number of hydrogen-bond donors (Lipinski definition) is 1. The van der Waals surface area contributed by atoms with Gasteiger partial charge in [0, 0.05) is 37.2 Å². The maximum absolute atomic E-state index is 13.6. The molecule has 196 valence electrons. The number of halogens is 1. The van der Waals surface area contributed by atoms with Crippen LogP contribution in [0.5, 0.6) is 5.75 Å². The van der Waals surface area contributed by atoms with Crippen LogP contribution in [0.4, 0.5) is 10.1 Å². The molecule has 1 aliphatic heterocycles. The highest BCUT2D eigenvalue weighted by Gasteiger charge is 2.25. The molecule has 1 fully saturated rings. The van der Waals surface area contributed by atoms with E-state index in [0.717, 1.165) is 11.3 Å². The van der Waals surface area contributed by atoms with E-state index in [9.17, 15) is 14.0 Å². The van der Waals surface area contributed by atoms with Gasteiger partial charge < -0.3 is 28.8 Å². The number of nitrogens with one attached hydrogen (secondary N) is 1. The Kier molecular flexibility index (Phi) is 7.28. The third kappa shape index (κ3) is 5.05. The van der Waals surface area contributed by atoms with Crippen LogP contribution in [0.2, 0.25) is 0 Å². The Bertz CT molecular complexity index is 1460. The largest absolute Gasteiger partial charge is 0.487 e. The van der Waals surface area contributed by atoms with E-state index in [0.29, 0.717) is 65.5 Å². The Morgan fingerprint density at radius 2 is 1.74 bits per heavy atom. The Labute approximate surface area is 218 Å². The van der Waals surface area contributed by atoms with E-state index in [-0.39, 0.29) is 18.3 Å². The van der Waals surface area contributed by atoms with Gasteiger partial charge in [0.05, 0.1) is 37.1 Å². The average molecular weight is 519 g/mol. The molecule has 5 rings (SSSR count). The van der Waals surface area contributed by atoms with E-state index in [2.05, 4.69) is 10.2 Å². The lowest BCUT2D eigenvalue weighted by Crippen LogP contribution is -2.36. The number of fused-ring (bicyclic) bond motifs is 1. The number of benzene rings is 3. The molecular formula is C29H27FN2O6. The number of methoxy groups -OCH3 is 1. The number of ether oxygens (including phenoxy) is 3. The number of furan rings is 1. The minimum Gasteiger partial charge on any atom is -0.487 e. The van der Waals surface area contributed by atoms with Gasteiger partial charge in [-0.3, -0.25) is 4.79 Å². The molecule has 0 saturated carbocycles. The van der Waals surface area contributed by atoms with Crippen molar-refractivity contribution in [1.29, 1.82) is 0 Å². The van der Waals surface area contributed by atoms with Gasteiger partial charge in [0.25, 0.3) is 5.91 Å². The van der Waals surface area contributed by atoms with Crippen LogP contribution in [0.15, 0.2) is 65.1 Å². The number of nitrogens with zero attached hydrogens (tertiary/aromatic N) is 1. The second-order valence-corrected chi connectivity index (χ2v) is 8.78. The van der Waals surface area contributed by atoms with Crippen LogP contribution in [0.1, 0.15) is 26.3 Å². The van der Waals surface area contributed by atoms with E-state index in [4.69, 9.17) is 18.6 Å². The summed E-state index contributed by atoms with van der Waals surface area (Å²) in [4.78, 5) is 26.9. The molecule has 38 heavy (non-hydrogen) atoms. The molecule has 1 N–H and O–H groups in total. The summed E-state index contributed by atoms with van der Waals surface area (Å²) in [5.41, 5.74) is 3.57. The fourth-order valence-electron chi connectivity index (χ4n) is 4.45. The Morgan fingerprint density at radius 3 is 2.39 bits per heavy atom. The lowest BCUT2D eigenvalue weighted by molar-refractivity contribution is 0.0600. The first-order chi connectivity index (χ1) is 18.5. The quantitative estimate of drug-likeness (QED) is 0.352. The summed E-state index contributed by atoms with van der Waals surface area (Å²) < 4.78 is 36.4. The van der Waals surface area contributed by atoms with Gasteiger partial charge in [-0.25, -0.2) is 9.18 Å². The second kappa shape index (κ2) is 10.9. The van der Waals surface area contributed by atoms with Gasteiger partial charge in [-0.1, -0.05) is 12.1 Å². The molecule has 1 aromatic heterocycles. The molecule has 0 spiro atoms. The molecular weight excluding hydrogens is 491 g/mol. The fourth-order valence-corrected chi connectivity index (χ4v) is 4.45. The molecule has 1 amide bonds. The summed E-state index contributed by atoms with van der Waals surface area (Å²) in [5.74, 6) is -0.185. The minimum atomic E-state index is -0.406. The zero-order chi connectivity index (χ0) is 26.6. The summed E-state index contributed by atoms with van der Waals surface area (Å²) in [7, 11) is 2.89. The predicted molar refractivity (Wildman–Crippen MR) is 140 cm³/mol. The number of anilines is 1. The van der Waals surface area contributed by atoms with Gasteiger partial charge in [0.1, 0.15) is 29.5 Å². The Morgan fingerprint density at radius 1 is 1.03 bits per heavy atom. The van der Waals surface area contributed by atoms with Crippen molar-refractivity contribution in [2.24, 2.45) is 0 Å². The van der Waals surface area contributed by atoms with Crippen molar-refractivity contribution >= 4 is 28.5 Å². The van der Waals surface area contributed by atoms with E-state index in [1.54, 1.807) is 43.4 Å². The number of carbonyl (C=O) groups excluding carboxylic acids is 2. The Balaban J connectivity index is 1.57. The standard InChI is InChI=1S/C29H27FN2O6/c1-31-28(33)26-22-15-25(37-17-18-3-5-20(6-4-18)29(34)35-2)23(32-11-13-36-14-12-32)16-24(22)38-27(26)19-7-9-21(30)10-8-19/h3-10,15-16H,11-14,17H2,1-2H3,(H,31,33). The van der Waals surface area contributed by atoms with Crippen LogP contribution < -0.4 is 15.0 Å². The lowest BCUT2D eigenvalue weighted by Gasteiger charge is -2.30. The first kappa shape index (κ1) is 25.3. The van der Waals surface area contributed by atoms with Crippen LogP contribution >= 0.6 is 0 Å². The summed E-state index contributed by atoms with van der Waals surface area (Å²) in [6.45, 7) is 2.74. The highest BCUT2D eigenvalue weighted by molar-refractivity contribution is 6.12.